The smallest absolute Gasteiger partial charge is 0.156 e. The summed E-state index contributed by atoms with van der Waals surface area (Å²) in [7, 11) is 0. The first-order valence-electron chi connectivity index (χ1n) is 8.31. The molecule has 2 unspecified atom stereocenters. The second kappa shape index (κ2) is 7.56. The highest BCUT2D eigenvalue weighted by molar-refractivity contribution is 5.79. The monoisotopic (exact) mass is 330 g/mol. The average Bonchev–Trinajstić information content (AvgIpc) is 2.61. The summed E-state index contributed by atoms with van der Waals surface area (Å²) in [4.78, 5) is 11.1. The summed E-state index contributed by atoms with van der Waals surface area (Å²) in [6.45, 7) is 0.350. The fraction of sp³-hybridized carbons (Fsp3) is 0.350. The van der Waals surface area contributed by atoms with Crippen LogP contribution in [0.25, 0.3) is 0 Å². The van der Waals surface area contributed by atoms with Crippen LogP contribution in [0.4, 0.5) is 8.78 Å². The minimum absolute atomic E-state index is 0.0595. The van der Waals surface area contributed by atoms with Crippen molar-refractivity contribution in [2.45, 2.75) is 31.6 Å². The minimum Gasteiger partial charge on any atom is -0.492 e. The lowest BCUT2D eigenvalue weighted by Crippen LogP contribution is -2.25. The van der Waals surface area contributed by atoms with Crippen molar-refractivity contribution in [3.05, 3.63) is 65.2 Å². The van der Waals surface area contributed by atoms with Crippen molar-refractivity contribution in [2.75, 3.05) is 6.61 Å². The molecule has 3 rings (SSSR count). The number of benzene rings is 2. The zero-order valence-corrected chi connectivity index (χ0v) is 13.4. The van der Waals surface area contributed by atoms with E-state index in [9.17, 15) is 13.6 Å². The zero-order chi connectivity index (χ0) is 16.9. The molecule has 4 heteroatoms. The van der Waals surface area contributed by atoms with E-state index >= 15 is 0 Å². The van der Waals surface area contributed by atoms with Gasteiger partial charge in [0.25, 0.3) is 0 Å². The second-order valence-electron chi connectivity index (χ2n) is 6.25. The lowest BCUT2D eigenvalue weighted by molar-refractivity contribution is 0.111. The highest BCUT2D eigenvalue weighted by atomic mass is 19.1. The van der Waals surface area contributed by atoms with Crippen LogP contribution in [0.1, 0.15) is 47.5 Å². The van der Waals surface area contributed by atoms with Crippen LogP contribution >= 0.6 is 0 Å². The van der Waals surface area contributed by atoms with E-state index in [2.05, 4.69) is 0 Å². The molecular formula is C20H20F2O2. The van der Waals surface area contributed by atoms with E-state index in [1.807, 2.05) is 12.1 Å². The van der Waals surface area contributed by atoms with Gasteiger partial charge in [-0.2, -0.15) is 0 Å². The van der Waals surface area contributed by atoms with E-state index in [-0.39, 0.29) is 29.0 Å². The van der Waals surface area contributed by atoms with Crippen molar-refractivity contribution < 1.29 is 18.3 Å². The van der Waals surface area contributed by atoms with Gasteiger partial charge in [-0.05, 0) is 48.4 Å². The average molecular weight is 330 g/mol. The molecular weight excluding hydrogens is 310 g/mol. The third-order valence-electron chi connectivity index (χ3n) is 4.80. The van der Waals surface area contributed by atoms with E-state index in [4.69, 9.17) is 4.74 Å². The summed E-state index contributed by atoms with van der Waals surface area (Å²) in [5, 5.41) is 0. The molecule has 2 aromatic rings. The molecule has 2 atom stereocenters. The lowest BCUT2D eigenvalue weighted by Gasteiger charge is -2.32. The number of aldehydes is 1. The van der Waals surface area contributed by atoms with Gasteiger partial charge in [0.05, 0.1) is 12.2 Å². The number of hydrogen-bond donors (Lipinski definition) is 0. The van der Waals surface area contributed by atoms with Crippen molar-refractivity contribution in [3.8, 4) is 5.75 Å². The molecule has 0 amide bonds. The van der Waals surface area contributed by atoms with Crippen molar-refractivity contribution in [1.82, 2.24) is 0 Å². The molecule has 1 fully saturated rings. The molecule has 0 saturated heterocycles. The molecule has 0 N–H and O–H groups in total. The van der Waals surface area contributed by atoms with Gasteiger partial charge < -0.3 is 4.74 Å². The maximum Gasteiger partial charge on any atom is 0.156 e. The first kappa shape index (κ1) is 16.6. The van der Waals surface area contributed by atoms with Gasteiger partial charge in [0, 0.05) is 0 Å². The van der Waals surface area contributed by atoms with E-state index in [0.717, 1.165) is 31.2 Å². The Morgan fingerprint density at radius 3 is 2.54 bits per heavy atom. The topological polar surface area (TPSA) is 26.3 Å². The normalized spacial score (nSPS) is 20.6. The highest BCUT2D eigenvalue weighted by Crippen LogP contribution is 2.39. The van der Waals surface area contributed by atoms with Gasteiger partial charge in [-0.15, -0.1) is 0 Å². The molecule has 2 aromatic carbocycles. The van der Waals surface area contributed by atoms with Gasteiger partial charge in [0.2, 0.25) is 0 Å². The Balaban J connectivity index is 1.77. The van der Waals surface area contributed by atoms with Crippen LogP contribution in [-0.4, -0.2) is 12.9 Å². The van der Waals surface area contributed by atoms with Crippen LogP contribution in [0.15, 0.2) is 42.5 Å². The number of carbonyl (C=O) groups is 1. The van der Waals surface area contributed by atoms with Crippen molar-refractivity contribution in [1.29, 1.82) is 0 Å². The standard InChI is InChI=1S/C20H20F2O2/c21-18-9-4-3-8-16(18)15-7-2-1-6-14(15)13-24-20-11-5-10-19(22)17(20)12-23/h3-5,8-12,14-15H,1-2,6-7,13H2. The largest absolute Gasteiger partial charge is 0.492 e. The number of rotatable bonds is 5. The Kier molecular flexibility index (Phi) is 5.24. The summed E-state index contributed by atoms with van der Waals surface area (Å²) in [5.74, 6) is -0.278. The van der Waals surface area contributed by atoms with Crippen LogP contribution in [0.5, 0.6) is 5.75 Å². The molecule has 1 aliphatic carbocycles. The third-order valence-corrected chi connectivity index (χ3v) is 4.80. The molecule has 126 valence electrons. The predicted molar refractivity (Wildman–Crippen MR) is 88.4 cm³/mol. The van der Waals surface area contributed by atoms with Crippen LogP contribution in [0, 0.1) is 17.6 Å². The van der Waals surface area contributed by atoms with Crippen LogP contribution in [-0.2, 0) is 0 Å². The minimum atomic E-state index is -0.586. The van der Waals surface area contributed by atoms with Gasteiger partial charge in [-0.1, -0.05) is 37.1 Å². The number of hydrogen-bond acceptors (Lipinski definition) is 2. The first-order valence-corrected chi connectivity index (χ1v) is 8.31. The highest BCUT2D eigenvalue weighted by Gasteiger charge is 2.29. The fourth-order valence-corrected chi connectivity index (χ4v) is 3.55. The molecule has 1 aliphatic rings. The number of ether oxygens (including phenoxy) is 1. The Labute approximate surface area is 140 Å². The van der Waals surface area contributed by atoms with E-state index in [1.165, 1.54) is 18.2 Å². The number of carbonyl (C=O) groups excluding carboxylic acids is 1. The van der Waals surface area contributed by atoms with Crippen LogP contribution in [0.3, 0.4) is 0 Å². The number of halogens is 2. The van der Waals surface area contributed by atoms with Gasteiger partial charge in [0.1, 0.15) is 17.4 Å². The van der Waals surface area contributed by atoms with Crippen LogP contribution in [0.2, 0.25) is 0 Å². The maximum atomic E-state index is 14.1. The summed E-state index contributed by atoms with van der Waals surface area (Å²) in [6, 6.07) is 11.2. The summed E-state index contributed by atoms with van der Waals surface area (Å²) >= 11 is 0. The van der Waals surface area contributed by atoms with E-state index < -0.39 is 5.82 Å². The molecule has 0 heterocycles. The Hall–Kier alpha value is -2.23. The predicted octanol–water partition coefficient (Wildman–Crippen LogP) is 5.13. The Morgan fingerprint density at radius 1 is 1.00 bits per heavy atom. The van der Waals surface area contributed by atoms with E-state index in [0.29, 0.717) is 12.9 Å². The second-order valence-corrected chi connectivity index (χ2v) is 6.25. The molecule has 0 spiro atoms. The molecule has 0 bridgehead atoms. The molecule has 0 aliphatic heterocycles. The first-order chi connectivity index (χ1) is 11.7. The van der Waals surface area contributed by atoms with Crippen molar-refractivity contribution in [3.63, 3.8) is 0 Å². The summed E-state index contributed by atoms with van der Waals surface area (Å²) in [6.07, 6.45) is 4.46. The maximum absolute atomic E-state index is 14.1. The third kappa shape index (κ3) is 3.48. The Morgan fingerprint density at radius 2 is 1.75 bits per heavy atom. The molecule has 0 aromatic heterocycles. The van der Waals surface area contributed by atoms with E-state index in [1.54, 1.807) is 12.1 Å². The quantitative estimate of drug-likeness (QED) is 0.710. The lowest BCUT2D eigenvalue weighted by atomic mass is 9.75. The SMILES string of the molecule is O=Cc1c(F)cccc1OCC1CCCCC1c1ccccc1F. The fourth-order valence-electron chi connectivity index (χ4n) is 3.55. The van der Waals surface area contributed by atoms with Gasteiger partial charge in [0.15, 0.2) is 6.29 Å². The summed E-state index contributed by atoms with van der Waals surface area (Å²) in [5.41, 5.74) is 0.663. The van der Waals surface area contributed by atoms with Gasteiger partial charge in [-0.25, -0.2) is 8.78 Å². The molecule has 1 saturated carbocycles. The Bertz CT molecular complexity index is 715. The molecule has 2 nitrogen and oxygen atoms in total. The molecule has 24 heavy (non-hydrogen) atoms. The van der Waals surface area contributed by atoms with Crippen LogP contribution < -0.4 is 4.74 Å². The van der Waals surface area contributed by atoms with Crippen molar-refractivity contribution in [2.24, 2.45) is 5.92 Å². The van der Waals surface area contributed by atoms with Gasteiger partial charge >= 0.3 is 0 Å². The van der Waals surface area contributed by atoms with Crippen molar-refractivity contribution >= 4 is 6.29 Å². The molecule has 0 radical (unpaired) electrons. The van der Waals surface area contributed by atoms with Gasteiger partial charge in [-0.3, -0.25) is 4.79 Å². The summed E-state index contributed by atoms with van der Waals surface area (Å²) < 4.78 is 33.5. The zero-order valence-electron chi connectivity index (χ0n) is 13.4.